The van der Waals surface area contributed by atoms with Gasteiger partial charge in [-0.25, -0.2) is 0 Å². The van der Waals surface area contributed by atoms with Gasteiger partial charge in [-0.1, -0.05) is 52.7 Å². The van der Waals surface area contributed by atoms with Crippen LogP contribution in [0.2, 0.25) is 0 Å². The average Bonchev–Trinajstić information content (AvgIpc) is 3.23. The van der Waals surface area contributed by atoms with E-state index in [4.69, 9.17) is 0 Å². The predicted octanol–water partition coefficient (Wildman–Crippen LogP) is 4.71. The van der Waals surface area contributed by atoms with Gasteiger partial charge in [-0.15, -0.1) is 0 Å². The van der Waals surface area contributed by atoms with Gasteiger partial charge in [0.05, 0.1) is 11.5 Å². The number of aldehydes is 1. The summed E-state index contributed by atoms with van der Waals surface area (Å²) in [4.78, 5) is 26.2. The van der Waals surface area contributed by atoms with E-state index in [9.17, 15) is 19.8 Å². The molecule has 162 valence electrons. The highest BCUT2D eigenvalue weighted by atomic mass is 16.4. The fraction of sp³-hybridized carbons (Fsp3) is 0.840. The molecule has 4 heteroatoms. The lowest BCUT2D eigenvalue weighted by atomic mass is 9.41. The minimum absolute atomic E-state index is 0.0128. The number of hydrogen-bond acceptors (Lipinski definition) is 3. The molecule has 29 heavy (non-hydrogen) atoms. The van der Waals surface area contributed by atoms with E-state index in [1.54, 1.807) is 0 Å². The molecule has 0 heterocycles. The summed E-state index contributed by atoms with van der Waals surface area (Å²) in [6.45, 7) is 10.6. The molecule has 0 saturated heterocycles. The van der Waals surface area contributed by atoms with Gasteiger partial charge in [0.25, 0.3) is 0 Å². The van der Waals surface area contributed by atoms with Crippen molar-refractivity contribution in [2.45, 2.75) is 79.2 Å². The molecule has 0 spiro atoms. The van der Waals surface area contributed by atoms with Gasteiger partial charge in [0.2, 0.25) is 0 Å². The molecule has 4 aliphatic carbocycles. The number of allylic oxidation sites excluding steroid dienone is 1. The van der Waals surface area contributed by atoms with Crippen LogP contribution in [0, 0.1) is 51.8 Å². The van der Waals surface area contributed by atoms with Crippen molar-refractivity contribution in [2.24, 2.45) is 51.8 Å². The van der Waals surface area contributed by atoms with Gasteiger partial charge in [-0.2, -0.15) is 0 Å². The molecule has 4 aliphatic rings. The second-order valence-corrected chi connectivity index (χ2v) is 11.4. The van der Waals surface area contributed by atoms with Crippen LogP contribution < -0.4 is 0 Å². The number of carbonyl (C=O) groups excluding carboxylic acids is 1. The Morgan fingerprint density at radius 3 is 2.45 bits per heavy atom. The second-order valence-electron chi connectivity index (χ2n) is 11.4. The molecule has 3 saturated carbocycles. The zero-order valence-electron chi connectivity index (χ0n) is 18.6. The van der Waals surface area contributed by atoms with Crippen molar-refractivity contribution in [3.8, 4) is 0 Å². The van der Waals surface area contributed by atoms with Crippen LogP contribution in [0.1, 0.15) is 73.1 Å². The molecular weight excluding hydrogens is 364 g/mol. The van der Waals surface area contributed by atoms with Gasteiger partial charge in [-0.3, -0.25) is 4.79 Å². The molecule has 4 nitrogen and oxygen atoms in total. The minimum Gasteiger partial charge on any atom is -0.481 e. The molecule has 0 aromatic heterocycles. The van der Waals surface area contributed by atoms with Crippen molar-refractivity contribution in [2.75, 3.05) is 0 Å². The highest BCUT2D eigenvalue weighted by Crippen LogP contribution is 2.83. The number of fused-ring (bicyclic) bond motifs is 2. The third kappa shape index (κ3) is 2.25. The Labute approximate surface area is 175 Å². The fourth-order valence-electron chi connectivity index (χ4n) is 8.62. The van der Waals surface area contributed by atoms with Gasteiger partial charge < -0.3 is 15.0 Å². The zero-order valence-corrected chi connectivity index (χ0v) is 18.6. The molecule has 0 aromatic carbocycles. The number of aliphatic carboxylic acids is 1. The van der Waals surface area contributed by atoms with E-state index in [2.05, 4.69) is 40.7 Å². The van der Waals surface area contributed by atoms with Crippen molar-refractivity contribution >= 4 is 12.3 Å². The van der Waals surface area contributed by atoms with Gasteiger partial charge in [0.15, 0.2) is 0 Å². The summed E-state index contributed by atoms with van der Waals surface area (Å²) in [6.07, 6.45) is 7.36. The first-order valence-electron chi connectivity index (χ1n) is 11.7. The molecule has 0 radical (unpaired) electrons. The first-order chi connectivity index (χ1) is 13.6. The number of carbonyl (C=O) groups is 2. The molecule has 2 N–H and O–H groups in total. The van der Waals surface area contributed by atoms with Crippen LogP contribution in [0.5, 0.6) is 0 Å². The Balaban J connectivity index is 1.95. The Morgan fingerprint density at radius 2 is 1.90 bits per heavy atom. The maximum Gasteiger partial charge on any atom is 0.315 e. The van der Waals surface area contributed by atoms with E-state index in [-0.39, 0.29) is 17.8 Å². The third-order valence-electron chi connectivity index (χ3n) is 9.61. The average molecular weight is 403 g/mol. The lowest BCUT2D eigenvalue weighted by Crippen LogP contribution is -2.65. The summed E-state index contributed by atoms with van der Waals surface area (Å²) in [7, 11) is 0. The highest BCUT2D eigenvalue weighted by molar-refractivity contribution is 5.90. The number of hydrogen-bond donors (Lipinski definition) is 2. The van der Waals surface area contributed by atoms with Crippen molar-refractivity contribution in [1.82, 2.24) is 0 Å². The van der Waals surface area contributed by atoms with Gasteiger partial charge >= 0.3 is 5.97 Å². The second kappa shape index (κ2) is 6.67. The molecule has 0 amide bonds. The van der Waals surface area contributed by atoms with E-state index in [0.717, 1.165) is 37.5 Å². The Morgan fingerprint density at radius 1 is 1.21 bits per heavy atom. The number of aliphatic hydroxyl groups excluding tert-OH is 1. The van der Waals surface area contributed by atoms with E-state index in [1.807, 2.05) is 0 Å². The number of aliphatic hydroxyl groups is 1. The van der Waals surface area contributed by atoms with E-state index < -0.39 is 28.3 Å². The molecule has 4 bridgehead atoms. The van der Waals surface area contributed by atoms with Crippen LogP contribution in [-0.4, -0.2) is 28.6 Å². The van der Waals surface area contributed by atoms with E-state index >= 15 is 0 Å². The first kappa shape index (κ1) is 21.1. The quantitative estimate of drug-likeness (QED) is 0.478. The van der Waals surface area contributed by atoms with Crippen LogP contribution in [0.15, 0.2) is 11.6 Å². The normalized spacial score (nSPS) is 46.1. The van der Waals surface area contributed by atoms with Gasteiger partial charge in [0.1, 0.15) is 11.7 Å². The monoisotopic (exact) mass is 402 g/mol. The molecule has 0 aliphatic heterocycles. The fourth-order valence-corrected chi connectivity index (χ4v) is 8.62. The molecule has 3 fully saturated rings. The molecule has 4 rings (SSSR count). The summed E-state index contributed by atoms with van der Waals surface area (Å²) in [5.74, 6) is 0.587. The maximum atomic E-state index is 13.3. The standard InChI is InChI=1S/C25H38O4/c1-14(2)6-9-21(27)24-12-18-16(5)7-8-19(18)23(13-26)11-17(24)10-20(15(3)4)25(23,24)22(28)29/h10,13-19,21,27H,6-9,11-12H2,1-5H3,(H,28,29)/t16-,17?,18-,19-,21?,23?,24?,25?/m1/s1. The smallest absolute Gasteiger partial charge is 0.315 e. The lowest BCUT2D eigenvalue weighted by molar-refractivity contribution is -0.194. The molecule has 8 atom stereocenters. The maximum absolute atomic E-state index is 13.3. The van der Waals surface area contributed by atoms with Crippen molar-refractivity contribution in [3.63, 3.8) is 0 Å². The third-order valence-corrected chi connectivity index (χ3v) is 9.61. The van der Waals surface area contributed by atoms with Crippen LogP contribution in [0.25, 0.3) is 0 Å². The van der Waals surface area contributed by atoms with Crippen molar-refractivity contribution in [1.29, 1.82) is 0 Å². The van der Waals surface area contributed by atoms with Crippen LogP contribution in [0.3, 0.4) is 0 Å². The minimum atomic E-state index is -1.25. The summed E-state index contributed by atoms with van der Waals surface area (Å²) in [6, 6.07) is 0. The Bertz CT molecular complexity index is 739. The topological polar surface area (TPSA) is 74.6 Å². The van der Waals surface area contributed by atoms with Crippen LogP contribution >= 0.6 is 0 Å². The highest BCUT2D eigenvalue weighted by Gasteiger charge is 2.85. The Kier molecular flexibility index (Phi) is 4.85. The number of rotatable bonds is 7. The summed E-state index contributed by atoms with van der Waals surface area (Å²) in [5.41, 5.74) is -1.95. The number of carboxylic acid groups (broad SMARTS) is 1. The number of carboxylic acids is 1. The van der Waals surface area contributed by atoms with Crippen molar-refractivity contribution < 1.29 is 19.8 Å². The summed E-state index contributed by atoms with van der Waals surface area (Å²) >= 11 is 0. The summed E-state index contributed by atoms with van der Waals surface area (Å²) in [5, 5.41) is 22.6. The SMILES string of the molecule is CC(C)CCC(O)C12C[C@@H]3[C@H](C)CC[C@H]3C3(C=O)CC1C=C(C(C)C)C23C(=O)O. The summed E-state index contributed by atoms with van der Waals surface area (Å²) < 4.78 is 0. The first-order valence-corrected chi connectivity index (χ1v) is 11.7. The molecule has 0 aromatic rings. The largest absolute Gasteiger partial charge is 0.481 e. The van der Waals surface area contributed by atoms with E-state index in [1.165, 1.54) is 0 Å². The van der Waals surface area contributed by atoms with Crippen LogP contribution in [-0.2, 0) is 9.59 Å². The zero-order chi connectivity index (χ0) is 21.4. The Hall–Kier alpha value is -1.16. The molecule has 5 unspecified atom stereocenters. The van der Waals surface area contributed by atoms with Crippen molar-refractivity contribution in [3.05, 3.63) is 11.6 Å². The van der Waals surface area contributed by atoms with Gasteiger partial charge in [-0.05, 0) is 67.6 Å². The van der Waals surface area contributed by atoms with Gasteiger partial charge in [0, 0.05) is 5.41 Å². The van der Waals surface area contributed by atoms with Crippen LogP contribution in [0.4, 0.5) is 0 Å². The molecular formula is C25H38O4. The predicted molar refractivity (Wildman–Crippen MR) is 112 cm³/mol. The van der Waals surface area contributed by atoms with E-state index in [0.29, 0.717) is 30.6 Å². The lowest BCUT2D eigenvalue weighted by Gasteiger charge is -2.59.